The van der Waals surface area contributed by atoms with E-state index < -0.39 is 17.9 Å². The molecule has 1 aliphatic rings. The van der Waals surface area contributed by atoms with Crippen molar-refractivity contribution in [2.24, 2.45) is 5.73 Å². The van der Waals surface area contributed by atoms with Crippen LogP contribution in [0.15, 0.2) is 42.5 Å². The summed E-state index contributed by atoms with van der Waals surface area (Å²) in [5.74, 6) is -0.989. The number of carbonyl (C=O) groups excluding carboxylic acids is 3. The summed E-state index contributed by atoms with van der Waals surface area (Å²) in [5, 5.41) is 3.20. The number of ether oxygens (including phenoxy) is 1. The number of carbonyl (C=O) groups is 3. The number of hydrogen-bond acceptors (Lipinski definition) is 7. The third-order valence-corrected chi connectivity index (χ3v) is 7.81. The van der Waals surface area contributed by atoms with Crippen molar-refractivity contribution >= 4 is 40.6 Å². The minimum absolute atomic E-state index is 0.0296. The molecule has 2 aromatic carbocycles. The predicted octanol–water partition coefficient (Wildman–Crippen LogP) is 4.68. The number of amides is 3. The third kappa shape index (κ3) is 6.22. The van der Waals surface area contributed by atoms with Crippen molar-refractivity contribution in [3.63, 3.8) is 0 Å². The monoisotopic (exact) mass is 549 g/mol. The average Bonchev–Trinajstić information content (AvgIpc) is 3.31. The van der Waals surface area contributed by atoms with Gasteiger partial charge in [-0.1, -0.05) is 43.5 Å². The van der Waals surface area contributed by atoms with Gasteiger partial charge < -0.3 is 21.5 Å². The van der Waals surface area contributed by atoms with Crippen LogP contribution in [-0.2, 0) is 4.79 Å². The van der Waals surface area contributed by atoms with Crippen molar-refractivity contribution in [1.82, 2.24) is 9.69 Å². The van der Waals surface area contributed by atoms with Crippen molar-refractivity contribution in [2.75, 3.05) is 17.2 Å². The summed E-state index contributed by atoms with van der Waals surface area (Å²) in [6.07, 6.45) is 5.03. The highest BCUT2D eigenvalue weighted by Crippen LogP contribution is 2.36. The number of nitrogens with zero attached hydrogens (tertiary/aromatic N) is 2. The summed E-state index contributed by atoms with van der Waals surface area (Å²) in [7, 11) is 0. The van der Waals surface area contributed by atoms with Crippen LogP contribution in [0.2, 0.25) is 0 Å². The van der Waals surface area contributed by atoms with E-state index in [2.05, 4.69) is 9.69 Å². The van der Waals surface area contributed by atoms with Gasteiger partial charge in [0.1, 0.15) is 16.7 Å². The van der Waals surface area contributed by atoms with Gasteiger partial charge in [-0.2, -0.15) is 4.37 Å². The zero-order valence-corrected chi connectivity index (χ0v) is 23.3. The summed E-state index contributed by atoms with van der Waals surface area (Å²) in [6.45, 7) is 6.21. The molecule has 0 saturated heterocycles. The first kappa shape index (κ1) is 28.1. The molecule has 0 spiro atoms. The van der Waals surface area contributed by atoms with E-state index in [1.807, 2.05) is 39.0 Å². The van der Waals surface area contributed by atoms with Gasteiger partial charge in [0.25, 0.3) is 11.8 Å². The Morgan fingerprint density at radius 1 is 1.10 bits per heavy atom. The molecule has 3 aromatic rings. The fraction of sp³-hybridized carbons (Fsp3) is 0.379. The van der Waals surface area contributed by atoms with Gasteiger partial charge in [0, 0.05) is 11.7 Å². The first-order chi connectivity index (χ1) is 18.7. The number of nitrogens with one attached hydrogen (secondary N) is 1. The topological polar surface area (TPSA) is 141 Å². The van der Waals surface area contributed by atoms with Gasteiger partial charge in [-0.15, -0.1) is 0 Å². The Morgan fingerprint density at radius 3 is 2.41 bits per heavy atom. The molecule has 10 heteroatoms. The quantitative estimate of drug-likeness (QED) is 0.354. The smallest absolute Gasteiger partial charge is 0.273 e. The molecule has 5 N–H and O–H groups in total. The van der Waals surface area contributed by atoms with Crippen LogP contribution >= 0.6 is 11.5 Å². The molecule has 4 rings (SSSR count). The van der Waals surface area contributed by atoms with Crippen LogP contribution in [0.5, 0.6) is 5.75 Å². The number of aromatic nitrogens is 1. The Balaban J connectivity index is 1.87. The predicted molar refractivity (Wildman–Crippen MR) is 153 cm³/mol. The van der Waals surface area contributed by atoms with Gasteiger partial charge >= 0.3 is 0 Å². The van der Waals surface area contributed by atoms with Gasteiger partial charge in [-0.05, 0) is 80.0 Å². The Morgan fingerprint density at radius 2 is 1.79 bits per heavy atom. The number of primary amides is 1. The van der Waals surface area contributed by atoms with Crippen molar-refractivity contribution in [1.29, 1.82) is 0 Å². The van der Waals surface area contributed by atoms with Gasteiger partial charge in [0.05, 0.1) is 12.3 Å². The van der Waals surface area contributed by atoms with Crippen LogP contribution in [-0.4, -0.2) is 34.7 Å². The molecule has 1 heterocycles. The minimum Gasteiger partial charge on any atom is -0.494 e. The second-order valence-corrected chi connectivity index (χ2v) is 10.6. The number of benzene rings is 2. The summed E-state index contributed by atoms with van der Waals surface area (Å²) in [6, 6.07) is 11.9. The molecular weight excluding hydrogens is 514 g/mol. The molecule has 1 fully saturated rings. The molecule has 1 aliphatic carbocycles. The summed E-state index contributed by atoms with van der Waals surface area (Å²) < 4.78 is 9.64. The van der Waals surface area contributed by atoms with Gasteiger partial charge in [-0.3, -0.25) is 19.3 Å². The Kier molecular flexibility index (Phi) is 8.86. The lowest BCUT2D eigenvalue weighted by molar-refractivity contribution is -0.123. The lowest BCUT2D eigenvalue weighted by Crippen LogP contribution is -2.47. The molecule has 1 unspecified atom stereocenters. The maximum atomic E-state index is 14.3. The van der Waals surface area contributed by atoms with Crippen LogP contribution in [0.3, 0.4) is 0 Å². The van der Waals surface area contributed by atoms with E-state index in [1.54, 1.807) is 24.3 Å². The lowest BCUT2D eigenvalue weighted by atomic mass is 9.94. The number of anilines is 2. The highest BCUT2D eigenvalue weighted by Gasteiger charge is 2.37. The zero-order chi connectivity index (χ0) is 28.1. The second-order valence-electron chi connectivity index (χ2n) is 9.85. The van der Waals surface area contributed by atoms with E-state index in [9.17, 15) is 14.4 Å². The standard InChI is InChI=1S/C29H35N5O4S/c1-4-38-21-14-12-19(13-15-21)25(28(36)32-20-8-6-5-7-9-20)34(22-16-17(2)10-11-18(22)3)29(37)26-23(30)24(27(31)35)33-39-26/h10-16,20,25H,4-9,30H2,1-3H3,(H2,31,35)(H,32,36). The molecule has 9 nitrogen and oxygen atoms in total. The van der Waals surface area contributed by atoms with Gasteiger partial charge in [0.15, 0.2) is 5.69 Å². The highest BCUT2D eigenvalue weighted by atomic mass is 32.1. The molecular formula is C29H35N5O4S. The number of aryl methyl sites for hydroxylation is 2. The first-order valence-corrected chi connectivity index (χ1v) is 14.0. The summed E-state index contributed by atoms with van der Waals surface area (Å²) in [4.78, 5) is 41.8. The number of nitrogens with two attached hydrogens (primary N) is 2. The molecule has 0 bridgehead atoms. The second kappa shape index (κ2) is 12.3. The summed E-state index contributed by atoms with van der Waals surface area (Å²) in [5.41, 5.74) is 14.3. The third-order valence-electron chi connectivity index (χ3n) is 6.96. The molecule has 1 saturated carbocycles. The molecule has 1 aromatic heterocycles. The highest BCUT2D eigenvalue weighted by molar-refractivity contribution is 7.09. The molecule has 1 atom stereocenters. The number of nitrogen functional groups attached to an aromatic ring is 1. The normalized spacial score (nSPS) is 14.4. The van der Waals surface area contributed by atoms with Gasteiger partial charge in [0.2, 0.25) is 5.91 Å². The molecule has 3 amide bonds. The van der Waals surface area contributed by atoms with Crippen molar-refractivity contribution < 1.29 is 19.1 Å². The van der Waals surface area contributed by atoms with Crippen molar-refractivity contribution in [3.05, 3.63) is 69.7 Å². The Labute approximate surface area is 232 Å². The zero-order valence-electron chi connectivity index (χ0n) is 22.5. The van der Waals surface area contributed by atoms with E-state index in [4.69, 9.17) is 16.2 Å². The van der Waals surface area contributed by atoms with Crippen molar-refractivity contribution in [2.45, 2.75) is 65.0 Å². The molecule has 0 aliphatic heterocycles. The molecule has 206 valence electrons. The van der Waals surface area contributed by atoms with E-state index in [0.29, 0.717) is 23.6 Å². The average molecular weight is 550 g/mol. The van der Waals surface area contributed by atoms with Crippen LogP contribution in [0, 0.1) is 13.8 Å². The fourth-order valence-electron chi connectivity index (χ4n) is 4.94. The Bertz CT molecular complexity index is 1350. The Hall–Kier alpha value is -3.92. The maximum Gasteiger partial charge on any atom is 0.273 e. The largest absolute Gasteiger partial charge is 0.494 e. The van der Waals surface area contributed by atoms with E-state index in [-0.39, 0.29) is 28.2 Å². The number of hydrogen-bond donors (Lipinski definition) is 3. The van der Waals surface area contributed by atoms with Crippen molar-refractivity contribution in [3.8, 4) is 5.75 Å². The minimum atomic E-state index is -1.02. The van der Waals surface area contributed by atoms with Crippen LogP contribution in [0.4, 0.5) is 11.4 Å². The van der Waals surface area contributed by atoms with E-state index in [0.717, 1.165) is 54.8 Å². The van der Waals surface area contributed by atoms with Gasteiger partial charge in [-0.25, -0.2) is 0 Å². The lowest BCUT2D eigenvalue weighted by Gasteiger charge is -2.34. The van der Waals surface area contributed by atoms with E-state index >= 15 is 0 Å². The summed E-state index contributed by atoms with van der Waals surface area (Å²) >= 11 is 0.796. The SMILES string of the molecule is CCOc1ccc(C(C(=O)NC2CCCCC2)N(C(=O)c2snc(C(N)=O)c2N)c2cc(C)ccc2C)cc1. The van der Waals surface area contributed by atoms with Crippen LogP contribution in [0.1, 0.15) is 81.9 Å². The van der Waals surface area contributed by atoms with E-state index in [1.165, 1.54) is 4.90 Å². The van der Waals surface area contributed by atoms with Crippen LogP contribution < -0.4 is 26.4 Å². The first-order valence-electron chi connectivity index (χ1n) is 13.2. The van der Waals surface area contributed by atoms with Crippen LogP contribution in [0.25, 0.3) is 0 Å². The molecule has 39 heavy (non-hydrogen) atoms. The maximum absolute atomic E-state index is 14.3. The fourth-order valence-corrected chi connectivity index (χ4v) is 5.68. The molecule has 0 radical (unpaired) electrons. The number of rotatable bonds is 9.